The summed E-state index contributed by atoms with van der Waals surface area (Å²) >= 11 is 0. The van der Waals surface area contributed by atoms with E-state index in [9.17, 15) is 0 Å². The van der Waals surface area contributed by atoms with E-state index in [-0.39, 0.29) is 6.04 Å². The van der Waals surface area contributed by atoms with Crippen LogP contribution in [0.25, 0.3) is 0 Å². The van der Waals surface area contributed by atoms with Crippen LogP contribution in [0.4, 0.5) is 0 Å². The molecule has 2 atom stereocenters. The molecule has 0 bridgehead atoms. The SMILES string of the molecule is CCCC(C)C(N)c1c(OC)cccc1OC. The second-order valence-electron chi connectivity index (χ2n) is 4.37. The van der Waals surface area contributed by atoms with Crippen molar-refractivity contribution in [2.75, 3.05) is 14.2 Å². The van der Waals surface area contributed by atoms with Crippen LogP contribution in [0.2, 0.25) is 0 Å². The molecule has 1 rings (SSSR count). The molecule has 0 aromatic heterocycles. The van der Waals surface area contributed by atoms with E-state index in [0.717, 1.165) is 29.9 Å². The minimum absolute atomic E-state index is 0.0546. The molecule has 0 saturated heterocycles. The summed E-state index contributed by atoms with van der Waals surface area (Å²) in [7, 11) is 3.32. The van der Waals surface area contributed by atoms with Gasteiger partial charge in [0.15, 0.2) is 0 Å². The summed E-state index contributed by atoms with van der Waals surface area (Å²) in [6, 6.07) is 5.71. The van der Waals surface area contributed by atoms with Gasteiger partial charge in [-0.15, -0.1) is 0 Å². The molecule has 0 saturated carbocycles. The highest BCUT2D eigenvalue weighted by atomic mass is 16.5. The third kappa shape index (κ3) is 3.13. The molecule has 0 aliphatic carbocycles. The van der Waals surface area contributed by atoms with Crippen molar-refractivity contribution in [2.24, 2.45) is 11.7 Å². The Kier molecular flexibility index (Phi) is 5.29. The number of benzene rings is 1. The summed E-state index contributed by atoms with van der Waals surface area (Å²) in [5.74, 6) is 2.02. The van der Waals surface area contributed by atoms with Gasteiger partial charge in [-0.3, -0.25) is 0 Å². The highest BCUT2D eigenvalue weighted by Gasteiger charge is 2.21. The van der Waals surface area contributed by atoms with Crippen LogP contribution in [-0.4, -0.2) is 14.2 Å². The lowest BCUT2D eigenvalue weighted by atomic mass is 9.90. The monoisotopic (exact) mass is 237 g/mol. The zero-order valence-corrected chi connectivity index (χ0v) is 11.2. The van der Waals surface area contributed by atoms with Crippen molar-refractivity contribution in [3.05, 3.63) is 23.8 Å². The highest BCUT2D eigenvalue weighted by Crippen LogP contribution is 2.37. The Morgan fingerprint density at radius 2 is 1.71 bits per heavy atom. The summed E-state index contributed by atoms with van der Waals surface area (Å²) in [5, 5.41) is 0. The van der Waals surface area contributed by atoms with E-state index in [1.807, 2.05) is 18.2 Å². The number of ether oxygens (including phenoxy) is 2. The van der Waals surface area contributed by atoms with Crippen molar-refractivity contribution in [3.8, 4) is 11.5 Å². The smallest absolute Gasteiger partial charge is 0.127 e. The van der Waals surface area contributed by atoms with Crippen LogP contribution in [-0.2, 0) is 0 Å². The maximum absolute atomic E-state index is 6.32. The van der Waals surface area contributed by atoms with Gasteiger partial charge in [0.25, 0.3) is 0 Å². The minimum atomic E-state index is -0.0546. The summed E-state index contributed by atoms with van der Waals surface area (Å²) < 4.78 is 10.8. The lowest BCUT2D eigenvalue weighted by molar-refractivity contribution is 0.355. The molecule has 0 heterocycles. The number of rotatable bonds is 6. The largest absolute Gasteiger partial charge is 0.496 e. The molecule has 0 aliphatic heterocycles. The summed E-state index contributed by atoms with van der Waals surface area (Å²) in [5.41, 5.74) is 7.29. The molecule has 2 unspecified atom stereocenters. The zero-order valence-electron chi connectivity index (χ0n) is 11.2. The quantitative estimate of drug-likeness (QED) is 0.826. The molecular formula is C14H23NO2. The summed E-state index contributed by atoms with van der Waals surface area (Å²) in [6.07, 6.45) is 2.23. The highest BCUT2D eigenvalue weighted by molar-refractivity contribution is 5.47. The standard InChI is InChI=1S/C14H23NO2/c1-5-7-10(2)14(15)13-11(16-3)8-6-9-12(13)17-4/h6,8-10,14H,5,7,15H2,1-4H3. The molecule has 0 fully saturated rings. The molecule has 0 aliphatic rings. The van der Waals surface area contributed by atoms with Gasteiger partial charge in [-0.2, -0.15) is 0 Å². The minimum Gasteiger partial charge on any atom is -0.496 e. The van der Waals surface area contributed by atoms with E-state index in [0.29, 0.717) is 5.92 Å². The molecule has 2 N–H and O–H groups in total. The normalized spacial score (nSPS) is 14.2. The van der Waals surface area contributed by atoms with Crippen LogP contribution in [0.15, 0.2) is 18.2 Å². The van der Waals surface area contributed by atoms with Crippen molar-refractivity contribution in [1.82, 2.24) is 0 Å². The van der Waals surface area contributed by atoms with Gasteiger partial charge in [-0.25, -0.2) is 0 Å². The molecule has 1 aromatic rings. The number of hydrogen-bond acceptors (Lipinski definition) is 3. The molecule has 0 amide bonds. The van der Waals surface area contributed by atoms with E-state index in [1.54, 1.807) is 14.2 Å². The molecule has 3 heteroatoms. The number of nitrogens with two attached hydrogens (primary N) is 1. The first-order valence-corrected chi connectivity index (χ1v) is 6.12. The Morgan fingerprint density at radius 1 is 1.18 bits per heavy atom. The van der Waals surface area contributed by atoms with E-state index >= 15 is 0 Å². The summed E-state index contributed by atoms with van der Waals surface area (Å²) in [4.78, 5) is 0. The van der Waals surface area contributed by atoms with Crippen LogP contribution in [0, 0.1) is 5.92 Å². The van der Waals surface area contributed by atoms with Crippen molar-refractivity contribution in [1.29, 1.82) is 0 Å². The van der Waals surface area contributed by atoms with Crippen molar-refractivity contribution >= 4 is 0 Å². The van der Waals surface area contributed by atoms with E-state index < -0.39 is 0 Å². The van der Waals surface area contributed by atoms with Gasteiger partial charge < -0.3 is 15.2 Å². The van der Waals surface area contributed by atoms with Crippen LogP contribution >= 0.6 is 0 Å². The Labute approximate surface area is 104 Å². The third-order valence-corrected chi connectivity index (χ3v) is 3.16. The van der Waals surface area contributed by atoms with Crippen molar-refractivity contribution < 1.29 is 9.47 Å². The topological polar surface area (TPSA) is 44.5 Å². The first-order chi connectivity index (χ1) is 8.15. The van der Waals surface area contributed by atoms with Gasteiger partial charge in [-0.05, 0) is 24.5 Å². The Balaban J connectivity index is 3.08. The lowest BCUT2D eigenvalue weighted by Crippen LogP contribution is -2.20. The summed E-state index contributed by atoms with van der Waals surface area (Å²) in [6.45, 7) is 4.34. The van der Waals surface area contributed by atoms with Crippen molar-refractivity contribution in [3.63, 3.8) is 0 Å². The maximum Gasteiger partial charge on any atom is 0.127 e. The average Bonchev–Trinajstić information content (AvgIpc) is 2.37. The molecule has 1 aromatic carbocycles. The average molecular weight is 237 g/mol. The fourth-order valence-electron chi connectivity index (χ4n) is 2.13. The fraction of sp³-hybridized carbons (Fsp3) is 0.571. The van der Waals surface area contributed by atoms with Crippen LogP contribution in [0.1, 0.15) is 38.3 Å². The van der Waals surface area contributed by atoms with Crippen LogP contribution in [0.5, 0.6) is 11.5 Å². The molecular weight excluding hydrogens is 214 g/mol. The van der Waals surface area contributed by atoms with E-state index in [2.05, 4.69) is 13.8 Å². The molecule has 3 nitrogen and oxygen atoms in total. The van der Waals surface area contributed by atoms with Crippen LogP contribution in [0.3, 0.4) is 0 Å². The van der Waals surface area contributed by atoms with Crippen LogP contribution < -0.4 is 15.2 Å². The predicted molar refractivity (Wildman–Crippen MR) is 70.5 cm³/mol. The van der Waals surface area contributed by atoms with Gasteiger partial charge >= 0.3 is 0 Å². The van der Waals surface area contributed by atoms with Gasteiger partial charge in [0, 0.05) is 6.04 Å². The first-order valence-electron chi connectivity index (χ1n) is 6.12. The van der Waals surface area contributed by atoms with E-state index in [4.69, 9.17) is 15.2 Å². The Bertz CT molecular complexity index is 330. The fourth-order valence-corrected chi connectivity index (χ4v) is 2.13. The second kappa shape index (κ2) is 6.50. The lowest BCUT2D eigenvalue weighted by Gasteiger charge is -2.23. The van der Waals surface area contributed by atoms with Gasteiger partial charge in [0.1, 0.15) is 11.5 Å². The molecule has 96 valence electrons. The van der Waals surface area contributed by atoms with Gasteiger partial charge in [-0.1, -0.05) is 26.3 Å². The van der Waals surface area contributed by atoms with E-state index in [1.165, 1.54) is 0 Å². The Morgan fingerprint density at radius 3 is 2.12 bits per heavy atom. The molecule has 17 heavy (non-hydrogen) atoms. The van der Waals surface area contributed by atoms with Gasteiger partial charge in [0.05, 0.1) is 19.8 Å². The first kappa shape index (κ1) is 13.8. The Hall–Kier alpha value is -1.22. The number of hydrogen-bond donors (Lipinski definition) is 1. The maximum atomic E-state index is 6.32. The van der Waals surface area contributed by atoms with Gasteiger partial charge in [0.2, 0.25) is 0 Å². The third-order valence-electron chi connectivity index (χ3n) is 3.16. The molecule has 0 radical (unpaired) electrons. The van der Waals surface area contributed by atoms with Crippen molar-refractivity contribution in [2.45, 2.75) is 32.7 Å². The predicted octanol–water partition coefficient (Wildman–Crippen LogP) is 3.14. The number of methoxy groups -OCH3 is 2. The zero-order chi connectivity index (χ0) is 12.8. The second-order valence-corrected chi connectivity index (χ2v) is 4.37. The molecule has 0 spiro atoms.